The number of benzene rings is 1. The van der Waals surface area contributed by atoms with Crippen LogP contribution in [0.5, 0.6) is 0 Å². The van der Waals surface area contributed by atoms with Gasteiger partial charge >= 0.3 is 5.97 Å². The maximum absolute atomic E-state index is 10.4. The Bertz CT molecular complexity index is 262. The Morgan fingerprint density at radius 3 is 2.27 bits per heavy atom. The SMILES string of the molecule is O=C(O)c1ccccc1I.[La]. The molecule has 0 saturated heterocycles. The first-order valence-corrected chi connectivity index (χ1v) is 3.77. The number of carboxylic acid groups (broad SMARTS) is 1. The minimum atomic E-state index is -0.870. The first-order chi connectivity index (χ1) is 4.72. The van der Waals surface area contributed by atoms with Crippen LogP contribution in [-0.4, -0.2) is 11.1 Å². The van der Waals surface area contributed by atoms with E-state index >= 15 is 0 Å². The third-order valence-corrected chi connectivity index (χ3v) is 2.04. The number of carbonyl (C=O) groups is 1. The summed E-state index contributed by atoms with van der Waals surface area (Å²) < 4.78 is 0.771. The molecule has 1 aromatic rings. The van der Waals surface area contributed by atoms with E-state index in [-0.39, 0.29) is 35.6 Å². The Balaban J connectivity index is 0.000001000. The third kappa shape index (κ3) is 3.23. The van der Waals surface area contributed by atoms with Crippen LogP contribution < -0.4 is 0 Å². The second-order valence-electron chi connectivity index (χ2n) is 1.78. The van der Waals surface area contributed by atoms with E-state index in [0.29, 0.717) is 5.56 Å². The monoisotopic (exact) mass is 387 g/mol. The largest absolute Gasteiger partial charge is 0.478 e. The van der Waals surface area contributed by atoms with E-state index in [1.165, 1.54) is 0 Å². The molecule has 0 bridgehead atoms. The molecule has 1 rings (SSSR count). The van der Waals surface area contributed by atoms with Crippen LogP contribution in [0.2, 0.25) is 0 Å². The first kappa shape index (κ1) is 11.6. The predicted molar refractivity (Wildman–Crippen MR) is 46.1 cm³/mol. The standard InChI is InChI=1S/C7H5IO2.La/c8-6-4-2-1-3-5(6)7(9)10;/h1-4H,(H,9,10);. The molecule has 2 nitrogen and oxygen atoms in total. The molecule has 0 unspecified atom stereocenters. The molecule has 0 heterocycles. The topological polar surface area (TPSA) is 37.3 Å². The number of halogens is 1. The molecule has 1 N–H and O–H groups in total. The van der Waals surface area contributed by atoms with Crippen molar-refractivity contribution >= 4 is 28.6 Å². The van der Waals surface area contributed by atoms with Crippen molar-refractivity contribution in [2.45, 2.75) is 0 Å². The van der Waals surface area contributed by atoms with Gasteiger partial charge in [0, 0.05) is 39.2 Å². The smallest absolute Gasteiger partial charge is 0.336 e. The van der Waals surface area contributed by atoms with E-state index in [1.807, 2.05) is 28.7 Å². The first-order valence-electron chi connectivity index (χ1n) is 2.69. The van der Waals surface area contributed by atoms with Gasteiger partial charge in [-0.25, -0.2) is 4.79 Å². The number of rotatable bonds is 1. The summed E-state index contributed by atoms with van der Waals surface area (Å²) in [6.07, 6.45) is 0. The van der Waals surface area contributed by atoms with Crippen LogP contribution in [0.1, 0.15) is 10.4 Å². The zero-order valence-electron chi connectivity index (χ0n) is 5.62. The summed E-state index contributed by atoms with van der Waals surface area (Å²) in [5, 5.41) is 8.56. The number of hydrogen-bond acceptors (Lipinski definition) is 1. The van der Waals surface area contributed by atoms with Crippen molar-refractivity contribution in [3.63, 3.8) is 0 Å². The molecule has 0 spiro atoms. The molecule has 4 heteroatoms. The van der Waals surface area contributed by atoms with Crippen molar-refractivity contribution in [2.75, 3.05) is 0 Å². The van der Waals surface area contributed by atoms with Gasteiger partial charge in [-0.15, -0.1) is 0 Å². The van der Waals surface area contributed by atoms with Gasteiger partial charge in [0.05, 0.1) is 5.56 Å². The van der Waals surface area contributed by atoms with Gasteiger partial charge in [-0.05, 0) is 34.7 Å². The normalized spacial score (nSPS) is 8.45. The van der Waals surface area contributed by atoms with E-state index in [0.717, 1.165) is 3.57 Å². The van der Waals surface area contributed by atoms with Crippen molar-refractivity contribution in [1.82, 2.24) is 0 Å². The summed E-state index contributed by atoms with van der Waals surface area (Å²) in [6.45, 7) is 0. The molecule has 0 fully saturated rings. The molecule has 1 aromatic carbocycles. The van der Waals surface area contributed by atoms with E-state index in [4.69, 9.17) is 5.11 Å². The van der Waals surface area contributed by atoms with Crippen LogP contribution in [0.25, 0.3) is 0 Å². The van der Waals surface area contributed by atoms with Crippen LogP contribution >= 0.6 is 22.6 Å². The zero-order chi connectivity index (χ0) is 7.56. The van der Waals surface area contributed by atoms with E-state index in [2.05, 4.69) is 0 Å². The molecular formula is C7H5ILaO2. The second-order valence-corrected chi connectivity index (χ2v) is 2.95. The molecule has 0 aliphatic heterocycles. The van der Waals surface area contributed by atoms with Crippen LogP contribution in [0, 0.1) is 39.2 Å². The Morgan fingerprint density at radius 2 is 1.91 bits per heavy atom. The quantitative estimate of drug-likeness (QED) is 0.749. The molecule has 11 heavy (non-hydrogen) atoms. The van der Waals surface area contributed by atoms with Gasteiger partial charge < -0.3 is 5.11 Å². The predicted octanol–water partition coefficient (Wildman–Crippen LogP) is 1.99. The summed E-state index contributed by atoms with van der Waals surface area (Å²) in [5.41, 5.74) is 0.364. The van der Waals surface area contributed by atoms with E-state index in [1.54, 1.807) is 18.2 Å². The van der Waals surface area contributed by atoms with Gasteiger partial charge in [0.15, 0.2) is 0 Å². The molecule has 0 amide bonds. The molecule has 0 aliphatic rings. The number of aromatic carboxylic acids is 1. The average molecular weight is 387 g/mol. The van der Waals surface area contributed by atoms with Gasteiger partial charge in [-0.2, -0.15) is 0 Å². The van der Waals surface area contributed by atoms with Crippen molar-refractivity contribution in [3.8, 4) is 0 Å². The number of carboxylic acids is 1. The molecule has 0 aliphatic carbocycles. The van der Waals surface area contributed by atoms with Crippen molar-refractivity contribution in [2.24, 2.45) is 0 Å². The molecule has 0 aromatic heterocycles. The average Bonchev–Trinajstić information content (AvgIpc) is 1.88. The van der Waals surface area contributed by atoms with Crippen LogP contribution in [0.4, 0.5) is 0 Å². The number of hydrogen-bond donors (Lipinski definition) is 1. The fourth-order valence-corrected chi connectivity index (χ4v) is 1.25. The van der Waals surface area contributed by atoms with Gasteiger partial charge in [0.2, 0.25) is 0 Å². The molecule has 0 atom stereocenters. The van der Waals surface area contributed by atoms with Gasteiger partial charge in [-0.3, -0.25) is 0 Å². The maximum atomic E-state index is 10.4. The fourth-order valence-electron chi connectivity index (χ4n) is 0.635. The van der Waals surface area contributed by atoms with Crippen LogP contribution in [-0.2, 0) is 0 Å². The van der Waals surface area contributed by atoms with E-state index in [9.17, 15) is 4.79 Å². The van der Waals surface area contributed by atoms with Gasteiger partial charge in [0.25, 0.3) is 0 Å². The van der Waals surface area contributed by atoms with Crippen LogP contribution in [0.3, 0.4) is 0 Å². The maximum Gasteiger partial charge on any atom is 0.336 e. The zero-order valence-corrected chi connectivity index (χ0v) is 11.4. The molecule has 0 saturated carbocycles. The Hall–Kier alpha value is 0.615. The van der Waals surface area contributed by atoms with Crippen molar-refractivity contribution in [3.05, 3.63) is 33.4 Å². The summed E-state index contributed by atoms with van der Waals surface area (Å²) >= 11 is 1.99. The summed E-state index contributed by atoms with van der Waals surface area (Å²) in [7, 11) is 0. The van der Waals surface area contributed by atoms with Crippen molar-refractivity contribution < 1.29 is 45.5 Å². The molecule has 55 valence electrons. The minimum absolute atomic E-state index is 0. The Kier molecular flexibility index (Phi) is 5.59. The summed E-state index contributed by atoms with van der Waals surface area (Å²) in [6, 6.07) is 6.88. The van der Waals surface area contributed by atoms with Gasteiger partial charge in [0.1, 0.15) is 0 Å². The Morgan fingerprint density at radius 1 is 1.36 bits per heavy atom. The molecule has 1 radical (unpaired) electrons. The molecular weight excluding hydrogens is 382 g/mol. The summed E-state index contributed by atoms with van der Waals surface area (Å²) in [4.78, 5) is 10.4. The minimum Gasteiger partial charge on any atom is -0.478 e. The van der Waals surface area contributed by atoms with Gasteiger partial charge in [-0.1, -0.05) is 12.1 Å². The van der Waals surface area contributed by atoms with Crippen molar-refractivity contribution in [1.29, 1.82) is 0 Å². The van der Waals surface area contributed by atoms with E-state index < -0.39 is 5.97 Å². The Labute approximate surface area is 106 Å². The fraction of sp³-hybridized carbons (Fsp3) is 0. The summed E-state index contributed by atoms with van der Waals surface area (Å²) in [5.74, 6) is -0.870. The third-order valence-electron chi connectivity index (χ3n) is 1.10. The second kappa shape index (κ2) is 5.29. The van der Waals surface area contributed by atoms with Crippen LogP contribution in [0.15, 0.2) is 24.3 Å².